The largest absolute Gasteiger partial charge is 0.486 e. The smallest absolute Gasteiger partial charge is 0.161 e. The van der Waals surface area contributed by atoms with Gasteiger partial charge in [-0.3, -0.25) is 4.90 Å². The lowest BCUT2D eigenvalue weighted by Crippen LogP contribution is -2.37. The van der Waals surface area contributed by atoms with Crippen LogP contribution in [0.2, 0.25) is 0 Å². The Morgan fingerprint density at radius 1 is 0.756 bits per heavy atom. The molecule has 5 aromatic rings. The SMILES string of the molecule is CC.CC.[HH].c1ccc(COc2ccccc2OC2CCN(Cc3ccc4nc(-c5ccccc5)[nH]c4c3)CC2)cc1. The van der Waals surface area contributed by atoms with E-state index in [1.54, 1.807) is 0 Å². The lowest BCUT2D eigenvalue weighted by Gasteiger charge is -2.32. The van der Waals surface area contributed by atoms with Gasteiger partial charge in [0.05, 0.1) is 11.0 Å². The van der Waals surface area contributed by atoms with E-state index in [0.29, 0.717) is 6.61 Å². The Bertz CT molecular complexity index is 1450. The van der Waals surface area contributed by atoms with Crippen molar-refractivity contribution in [2.45, 2.75) is 59.8 Å². The number of nitrogens with zero attached hydrogens (tertiary/aromatic N) is 2. The predicted octanol–water partition coefficient (Wildman–Crippen LogP) is 9.15. The van der Waals surface area contributed by atoms with E-state index in [1.807, 2.05) is 88.4 Å². The number of rotatable bonds is 8. The van der Waals surface area contributed by atoms with Crippen molar-refractivity contribution in [3.05, 3.63) is 114 Å². The number of hydrogen-bond acceptors (Lipinski definition) is 4. The second kappa shape index (κ2) is 15.6. The van der Waals surface area contributed by atoms with Crippen molar-refractivity contribution in [1.82, 2.24) is 14.9 Å². The van der Waals surface area contributed by atoms with Gasteiger partial charge >= 0.3 is 0 Å². The number of benzene rings is 4. The molecule has 1 fully saturated rings. The molecule has 1 aliphatic heterocycles. The van der Waals surface area contributed by atoms with Gasteiger partial charge in [0.15, 0.2) is 11.5 Å². The summed E-state index contributed by atoms with van der Waals surface area (Å²) in [5.74, 6) is 2.55. The third-order valence-corrected chi connectivity index (χ3v) is 6.91. The molecule has 216 valence electrons. The Morgan fingerprint density at radius 3 is 2.10 bits per heavy atom. The summed E-state index contributed by atoms with van der Waals surface area (Å²) < 4.78 is 12.5. The maximum Gasteiger partial charge on any atom is 0.161 e. The van der Waals surface area contributed by atoms with E-state index in [9.17, 15) is 0 Å². The fourth-order valence-corrected chi connectivity index (χ4v) is 4.91. The number of fused-ring (bicyclic) bond motifs is 1. The first-order valence-electron chi connectivity index (χ1n) is 15.0. The molecule has 1 N–H and O–H groups in total. The van der Waals surface area contributed by atoms with Crippen LogP contribution in [0.3, 0.4) is 0 Å². The Labute approximate surface area is 246 Å². The van der Waals surface area contributed by atoms with Crippen LogP contribution >= 0.6 is 0 Å². The van der Waals surface area contributed by atoms with Crippen LogP contribution in [0.1, 0.15) is 53.1 Å². The lowest BCUT2D eigenvalue weighted by atomic mass is 10.1. The number of aromatic nitrogens is 2. The van der Waals surface area contributed by atoms with Gasteiger partial charge in [-0.25, -0.2) is 4.98 Å². The molecule has 0 spiro atoms. The number of imidazole rings is 1. The van der Waals surface area contributed by atoms with Crippen LogP contribution in [0.4, 0.5) is 0 Å². The first-order valence-corrected chi connectivity index (χ1v) is 15.0. The number of aromatic amines is 1. The minimum Gasteiger partial charge on any atom is -0.486 e. The molecule has 0 aliphatic carbocycles. The Balaban J connectivity index is 0.000000929. The van der Waals surface area contributed by atoms with E-state index in [4.69, 9.17) is 14.5 Å². The van der Waals surface area contributed by atoms with Crippen molar-refractivity contribution < 1.29 is 10.9 Å². The van der Waals surface area contributed by atoms with Crippen LogP contribution in [0.15, 0.2) is 103 Å². The topological polar surface area (TPSA) is 50.4 Å². The average Bonchev–Trinajstić information content (AvgIpc) is 3.48. The highest BCUT2D eigenvalue weighted by Gasteiger charge is 2.22. The molecule has 41 heavy (non-hydrogen) atoms. The average molecular weight is 552 g/mol. The number of para-hydroxylation sites is 2. The molecule has 0 radical (unpaired) electrons. The number of H-pyrrole nitrogens is 1. The molecule has 0 amide bonds. The monoisotopic (exact) mass is 551 g/mol. The van der Waals surface area contributed by atoms with Crippen LogP contribution in [0.25, 0.3) is 22.4 Å². The third kappa shape index (κ3) is 8.21. The van der Waals surface area contributed by atoms with E-state index in [0.717, 1.165) is 72.0 Å². The Morgan fingerprint density at radius 2 is 1.39 bits per heavy atom. The molecule has 0 atom stereocenters. The second-order valence-corrected chi connectivity index (χ2v) is 9.62. The summed E-state index contributed by atoms with van der Waals surface area (Å²) in [7, 11) is 0. The van der Waals surface area contributed by atoms with Gasteiger partial charge in [-0.05, 0) is 48.2 Å². The molecular weight excluding hydrogens is 506 g/mol. The van der Waals surface area contributed by atoms with Gasteiger partial charge in [0.1, 0.15) is 18.5 Å². The predicted molar refractivity (Wildman–Crippen MR) is 172 cm³/mol. The lowest BCUT2D eigenvalue weighted by molar-refractivity contribution is 0.0932. The van der Waals surface area contributed by atoms with Crippen LogP contribution in [-0.4, -0.2) is 34.1 Å². The zero-order valence-corrected chi connectivity index (χ0v) is 24.8. The molecule has 5 nitrogen and oxygen atoms in total. The summed E-state index contributed by atoms with van der Waals surface area (Å²) in [4.78, 5) is 10.8. The molecule has 1 aliphatic rings. The van der Waals surface area contributed by atoms with Crippen LogP contribution in [-0.2, 0) is 13.2 Å². The fraction of sp³-hybridized carbons (Fsp3) is 0.306. The molecule has 0 saturated carbocycles. The Hall–Kier alpha value is -4.09. The molecule has 2 heterocycles. The summed E-state index contributed by atoms with van der Waals surface area (Å²) in [6, 6.07) is 35.1. The number of ether oxygens (including phenoxy) is 2. The van der Waals surface area contributed by atoms with E-state index in [2.05, 4.69) is 52.3 Å². The number of likely N-dealkylation sites (tertiary alicyclic amines) is 1. The number of nitrogens with one attached hydrogen (secondary N) is 1. The van der Waals surface area contributed by atoms with Gasteiger partial charge in [-0.2, -0.15) is 0 Å². The van der Waals surface area contributed by atoms with E-state index >= 15 is 0 Å². The van der Waals surface area contributed by atoms with Crippen LogP contribution < -0.4 is 9.47 Å². The first kappa shape index (κ1) is 29.9. The summed E-state index contributed by atoms with van der Waals surface area (Å²) in [5.41, 5.74) is 5.64. The van der Waals surface area contributed by atoms with Crippen molar-refractivity contribution in [3.63, 3.8) is 0 Å². The van der Waals surface area contributed by atoms with Crippen molar-refractivity contribution >= 4 is 11.0 Å². The summed E-state index contributed by atoms with van der Waals surface area (Å²) >= 11 is 0. The number of piperidine rings is 1. The minimum atomic E-state index is 0. The second-order valence-electron chi connectivity index (χ2n) is 9.62. The molecule has 1 aromatic heterocycles. The van der Waals surface area contributed by atoms with Crippen LogP contribution in [0.5, 0.6) is 11.5 Å². The van der Waals surface area contributed by atoms with Gasteiger partial charge in [-0.1, -0.05) is 107 Å². The molecule has 5 heteroatoms. The van der Waals surface area contributed by atoms with E-state index in [-0.39, 0.29) is 7.53 Å². The molecule has 4 aromatic carbocycles. The van der Waals surface area contributed by atoms with E-state index < -0.39 is 0 Å². The van der Waals surface area contributed by atoms with Gasteiger partial charge in [0.2, 0.25) is 0 Å². The molecular formula is C36H45N3O2. The molecule has 0 bridgehead atoms. The number of hydrogen-bond donors (Lipinski definition) is 1. The zero-order valence-electron chi connectivity index (χ0n) is 24.8. The summed E-state index contributed by atoms with van der Waals surface area (Å²) in [5, 5.41) is 0. The highest BCUT2D eigenvalue weighted by molar-refractivity contribution is 5.80. The first-order chi connectivity index (χ1) is 20.3. The molecule has 0 unspecified atom stereocenters. The van der Waals surface area contributed by atoms with Crippen molar-refractivity contribution in [1.29, 1.82) is 0 Å². The molecule has 1 saturated heterocycles. The quantitative estimate of drug-likeness (QED) is 0.209. The van der Waals surface area contributed by atoms with Gasteiger partial charge in [-0.15, -0.1) is 0 Å². The summed E-state index contributed by atoms with van der Waals surface area (Å²) in [6.45, 7) is 11.5. The van der Waals surface area contributed by atoms with E-state index in [1.165, 1.54) is 5.56 Å². The van der Waals surface area contributed by atoms with Gasteiger partial charge in [0.25, 0.3) is 0 Å². The zero-order chi connectivity index (χ0) is 28.9. The van der Waals surface area contributed by atoms with Crippen molar-refractivity contribution in [2.24, 2.45) is 0 Å². The fourth-order valence-electron chi connectivity index (χ4n) is 4.91. The van der Waals surface area contributed by atoms with Gasteiger partial charge < -0.3 is 14.5 Å². The molecule has 6 rings (SSSR count). The standard InChI is InChI=1S/C32H31N3O2.2C2H6.H2/c1-3-9-24(10-4-1)23-36-30-13-7-8-14-31(30)37-27-17-19-35(20-18-27)22-25-15-16-28-29(21-25)34-32(33-28)26-11-5-2-6-12-26;2*1-2;/h1-16,21,27H,17-20,22-23H2,(H,33,34);2*1-2H3;1H. The van der Waals surface area contributed by atoms with Gasteiger partial charge in [0, 0.05) is 26.6 Å². The summed E-state index contributed by atoms with van der Waals surface area (Å²) in [6.07, 6.45) is 2.19. The maximum absolute atomic E-state index is 6.41. The third-order valence-electron chi connectivity index (χ3n) is 6.91. The Kier molecular flexibility index (Phi) is 11.4. The normalized spacial score (nSPS) is 13.5. The van der Waals surface area contributed by atoms with Crippen molar-refractivity contribution in [3.8, 4) is 22.9 Å². The highest BCUT2D eigenvalue weighted by Crippen LogP contribution is 2.30. The van der Waals surface area contributed by atoms with Crippen LogP contribution in [0, 0.1) is 0 Å². The maximum atomic E-state index is 6.41. The minimum absolute atomic E-state index is 0. The van der Waals surface area contributed by atoms with Crippen molar-refractivity contribution in [2.75, 3.05) is 13.1 Å². The highest BCUT2D eigenvalue weighted by atomic mass is 16.5.